The summed E-state index contributed by atoms with van der Waals surface area (Å²) in [6, 6.07) is 19.1. The number of rotatable bonds is 6. The van der Waals surface area contributed by atoms with Gasteiger partial charge in [0, 0.05) is 12.1 Å². The molecule has 0 amide bonds. The normalized spacial score (nSPS) is 12.3. The third-order valence-corrected chi connectivity index (χ3v) is 5.91. The molecular weight excluding hydrogens is 466 g/mol. The molecule has 0 fully saturated rings. The molecule has 0 aliphatic carbocycles. The zero-order chi connectivity index (χ0) is 24.6. The Labute approximate surface area is 204 Å². The summed E-state index contributed by atoms with van der Waals surface area (Å²) in [6.07, 6.45) is 0. The number of nitrogen functional groups attached to an aromatic ring is 1. The molecular formula is C26H20F2N6O2. The van der Waals surface area contributed by atoms with E-state index >= 15 is 0 Å². The highest BCUT2D eigenvalue weighted by atomic mass is 19.2. The first-order valence-corrected chi connectivity index (χ1v) is 11.2. The fourth-order valence-electron chi connectivity index (χ4n) is 4.12. The van der Waals surface area contributed by atoms with Crippen LogP contribution in [-0.4, -0.2) is 26.5 Å². The van der Waals surface area contributed by atoms with Gasteiger partial charge < -0.3 is 20.5 Å². The predicted octanol–water partition coefficient (Wildman–Crippen LogP) is 4.74. The van der Waals surface area contributed by atoms with Crippen molar-refractivity contribution >= 4 is 22.8 Å². The zero-order valence-electron chi connectivity index (χ0n) is 18.9. The molecule has 2 aromatic heterocycles. The van der Waals surface area contributed by atoms with Crippen molar-refractivity contribution in [1.82, 2.24) is 19.7 Å². The van der Waals surface area contributed by atoms with Gasteiger partial charge in [-0.2, -0.15) is 4.98 Å². The summed E-state index contributed by atoms with van der Waals surface area (Å²) in [6.45, 7) is 0.920. The van der Waals surface area contributed by atoms with Crippen LogP contribution >= 0.6 is 0 Å². The van der Waals surface area contributed by atoms with Crippen LogP contribution in [0.1, 0.15) is 11.1 Å². The Morgan fingerprint density at radius 3 is 2.61 bits per heavy atom. The van der Waals surface area contributed by atoms with Crippen molar-refractivity contribution in [2.75, 3.05) is 17.8 Å². The van der Waals surface area contributed by atoms with E-state index < -0.39 is 11.6 Å². The molecule has 180 valence electrons. The number of nitrogens with zero attached hydrogens (tertiary/aromatic N) is 4. The van der Waals surface area contributed by atoms with E-state index in [4.69, 9.17) is 15.2 Å². The highest BCUT2D eigenvalue weighted by molar-refractivity contribution is 5.99. The Hall–Kier alpha value is -4.73. The number of benzene rings is 3. The molecule has 1 aliphatic rings. The smallest absolute Gasteiger partial charge is 0.231 e. The lowest BCUT2D eigenvalue weighted by molar-refractivity contribution is 0.174. The summed E-state index contributed by atoms with van der Waals surface area (Å²) in [5.74, 6) is -0.211. The molecule has 3 aromatic carbocycles. The van der Waals surface area contributed by atoms with Gasteiger partial charge in [-0.15, -0.1) is 5.10 Å². The molecule has 1 aliphatic heterocycles. The number of halogens is 2. The van der Waals surface area contributed by atoms with Crippen LogP contribution in [-0.2, 0) is 13.1 Å². The minimum atomic E-state index is -1.02. The topological polar surface area (TPSA) is 100 Å². The second-order valence-electron chi connectivity index (χ2n) is 8.27. The van der Waals surface area contributed by atoms with Crippen molar-refractivity contribution in [1.29, 1.82) is 0 Å². The summed E-state index contributed by atoms with van der Waals surface area (Å²) in [5.41, 5.74) is 8.71. The fraction of sp³-hybridized carbons (Fsp3) is 0.115. The van der Waals surface area contributed by atoms with Gasteiger partial charge in [-0.1, -0.05) is 42.5 Å². The first-order chi connectivity index (χ1) is 17.6. The number of anilines is 2. The quantitative estimate of drug-likeness (QED) is 0.358. The first kappa shape index (κ1) is 21.8. The maximum Gasteiger partial charge on any atom is 0.231 e. The maximum atomic E-state index is 14.9. The molecule has 36 heavy (non-hydrogen) atoms. The van der Waals surface area contributed by atoms with Crippen molar-refractivity contribution in [3.63, 3.8) is 0 Å². The van der Waals surface area contributed by atoms with Gasteiger partial charge in [0.1, 0.15) is 5.82 Å². The summed E-state index contributed by atoms with van der Waals surface area (Å²) in [5, 5.41) is 8.05. The van der Waals surface area contributed by atoms with E-state index in [2.05, 4.69) is 20.4 Å². The van der Waals surface area contributed by atoms with Crippen LogP contribution in [0.3, 0.4) is 0 Å². The van der Waals surface area contributed by atoms with Crippen molar-refractivity contribution in [2.24, 2.45) is 0 Å². The second kappa shape index (κ2) is 8.81. The molecule has 0 radical (unpaired) electrons. The Morgan fingerprint density at radius 2 is 1.75 bits per heavy atom. The SMILES string of the molecule is Nc1c2c(-c3cccc(F)c3F)nc(NCc3ccc4c(c3)OCO4)nc2nn1Cc1ccccc1. The summed E-state index contributed by atoms with van der Waals surface area (Å²) >= 11 is 0. The third kappa shape index (κ3) is 3.92. The molecule has 8 nitrogen and oxygen atoms in total. The molecule has 6 rings (SSSR count). The Bertz CT molecular complexity index is 1590. The summed E-state index contributed by atoms with van der Waals surface area (Å²) in [4.78, 5) is 9.04. The maximum absolute atomic E-state index is 14.9. The van der Waals surface area contributed by atoms with Crippen molar-refractivity contribution < 1.29 is 18.3 Å². The molecule has 3 heterocycles. The molecule has 0 atom stereocenters. The number of nitrogens with one attached hydrogen (secondary N) is 1. The minimum Gasteiger partial charge on any atom is -0.454 e. The van der Waals surface area contributed by atoms with E-state index in [-0.39, 0.29) is 35.5 Å². The zero-order valence-corrected chi connectivity index (χ0v) is 18.9. The van der Waals surface area contributed by atoms with Gasteiger partial charge in [0.2, 0.25) is 12.7 Å². The van der Waals surface area contributed by atoms with E-state index in [0.29, 0.717) is 30.0 Å². The Kier molecular flexibility index (Phi) is 5.33. The fourth-order valence-corrected chi connectivity index (χ4v) is 4.12. The van der Waals surface area contributed by atoms with Crippen LogP contribution in [0.4, 0.5) is 20.5 Å². The van der Waals surface area contributed by atoms with E-state index in [1.165, 1.54) is 12.1 Å². The number of fused-ring (bicyclic) bond motifs is 2. The van der Waals surface area contributed by atoms with Crippen LogP contribution in [0.5, 0.6) is 11.5 Å². The van der Waals surface area contributed by atoms with E-state index in [1.54, 1.807) is 4.68 Å². The lowest BCUT2D eigenvalue weighted by atomic mass is 10.1. The molecule has 10 heteroatoms. The lowest BCUT2D eigenvalue weighted by Gasteiger charge is -2.10. The number of hydrogen-bond donors (Lipinski definition) is 2. The van der Waals surface area contributed by atoms with E-state index in [1.807, 2.05) is 48.5 Å². The van der Waals surface area contributed by atoms with Gasteiger partial charge in [0.15, 0.2) is 28.8 Å². The number of hydrogen-bond acceptors (Lipinski definition) is 7. The molecule has 0 bridgehead atoms. The standard InChI is InChI=1S/C26H20F2N6O2/c27-18-8-4-7-17(22(18)28)23-21-24(29)34(13-15-5-2-1-3-6-15)33-25(21)32-26(31-23)30-12-16-9-10-19-20(11-16)36-14-35-19/h1-11H,12-14,29H2,(H,30,32,33). The van der Waals surface area contributed by atoms with Gasteiger partial charge in [-0.3, -0.25) is 0 Å². The van der Waals surface area contributed by atoms with Crippen LogP contribution in [0.15, 0.2) is 66.7 Å². The van der Waals surface area contributed by atoms with Gasteiger partial charge >= 0.3 is 0 Å². The number of ether oxygens (including phenoxy) is 2. The monoisotopic (exact) mass is 486 g/mol. The van der Waals surface area contributed by atoms with Crippen LogP contribution in [0.2, 0.25) is 0 Å². The van der Waals surface area contributed by atoms with Gasteiger partial charge in [0.05, 0.1) is 17.6 Å². The van der Waals surface area contributed by atoms with E-state index in [9.17, 15) is 8.78 Å². The highest BCUT2D eigenvalue weighted by Gasteiger charge is 2.22. The van der Waals surface area contributed by atoms with Crippen molar-refractivity contribution in [2.45, 2.75) is 13.1 Å². The molecule has 0 saturated carbocycles. The van der Waals surface area contributed by atoms with Gasteiger partial charge in [-0.05, 0) is 35.4 Å². The van der Waals surface area contributed by atoms with Crippen LogP contribution in [0.25, 0.3) is 22.3 Å². The lowest BCUT2D eigenvalue weighted by Crippen LogP contribution is -2.06. The highest BCUT2D eigenvalue weighted by Crippen LogP contribution is 2.35. The second-order valence-corrected chi connectivity index (χ2v) is 8.27. The summed E-state index contributed by atoms with van der Waals surface area (Å²) in [7, 11) is 0. The van der Waals surface area contributed by atoms with Crippen LogP contribution in [0, 0.1) is 11.6 Å². The van der Waals surface area contributed by atoms with E-state index in [0.717, 1.165) is 17.2 Å². The Balaban J connectivity index is 1.42. The van der Waals surface area contributed by atoms with Crippen molar-refractivity contribution in [3.8, 4) is 22.8 Å². The van der Waals surface area contributed by atoms with Crippen molar-refractivity contribution in [3.05, 3.63) is 89.5 Å². The van der Waals surface area contributed by atoms with Gasteiger partial charge in [-0.25, -0.2) is 18.4 Å². The molecule has 3 N–H and O–H groups in total. The largest absolute Gasteiger partial charge is 0.454 e. The predicted molar refractivity (Wildman–Crippen MR) is 131 cm³/mol. The molecule has 5 aromatic rings. The number of nitrogens with two attached hydrogens (primary N) is 1. The average molecular weight is 486 g/mol. The number of aromatic nitrogens is 4. The van der Waals surface area contributed by atoms with Gasteiger partial charge in [0.25, 0.3) is 0 Å². The Morgan fingerprint density at radius 1 is 0.917 bits per heavy atom. The molecule has 0 saturated heterocycles. The molecule has 0 spiro atoms. The first-order valence-electron chi connectivity index (χ1n) is 11.2. The summed E-state index contributed by atoms with van der Waals surface area (Å²) < 4.78 is 41.4. The average Bonchev–Trinajstić information content (AvgIpc) is 3.48. The van der Waals surface area contributed by atoms with Crippen LogP contribution < -0.4 is 20.5 Å². The minimum absolute atomic E-state index is 0.0282. The molecule has 0 unspecified atom stereocenters. The third-order valence-electron chi connectivity index (χ3n) is 5.91.